The molecule has 4 aliphatic rings. The largest absolute Gasteiger partial charge is 0.478 e. The Bertz CT molecular complexity index is 915. The number of amides is 1. The molecule has 4 saturated heterocycles. The van der Waals surface area contributed by atoms with Gasteiger partial charge in [0.2, 0.25) is 6.10 Å². The zero-order chi connectivity index (χ0) is 23.2. The summed E-state index contributed by atoms with van der Waals surface area (Å²) in [6.07, 6.45) is -1.41. The smallest absolute Gasteiger partial charge is 0.349 e. The number of carboxylic acids is 1. The van der Waals surface area contributed by atoms with E-state index in [1.165, 1.54) is 40.0 Å². The molecule has 0 aromatic heterocycles. The number of aliphatic carboxylic acids is 1. The second kappa shape index (κ2) is 10.5. The molecule has 2 N–H and O–H groups in total. The zero-order valence-electron chi connectivity index (χ0n) is 18.2. The van der Waals surface area contributed by atoms with E-state index < -0.39 is 30.5 Å². The third-order valence-corrected chi connectivity index (χ3v) is 5.41. The first kappa shape index (κ1) is 22.9. The van der Waals surface area contributed by atoms with Gasteiger partial charge in [0.15, 0.2) is 0 Å². The first-order chi connectivity index (χ1) is 16.0. The van der Waals surface area contributed by atoms with E-state index in [0.29, 0.717) is 11.1 Å². The summed E-state index contributed by atoms with van der Waals surface area (Å²) in [4.78, 5) is 44.7. The maximum absolute atomic E-state index is 11.8. The van der Waals surface area contributed by atoms with Gasteiger partial charge in [-0.1, -0.05) is 48.5 Å². The van der Waals surface area contributed by atoms with Gasteiger partial charge in [0.05, 0.1) is 40.0 Å². The predicted octanol–water partition coefficient (Wildman–Crippen LogP) is 0.766. The van der Waals surface area contributed by atoms with Crippen LogP contribution in [-0.4, -0.2) is 89.1 Å². The van der Waals surface area contributed by atoms with Gasteiger partial charge in [-0.05, 0) is 12.1 Å². The summed E-state index contributed by atoms with van der Waals surface area (Å²) in [5, 5.41) is 11.6. The summed E-state index contributed by atoms with van der Waals surface area (Å²) in [6, 6.07) is 16.5. The molecule has 2 aromatic carbocycles. The maximum Gasteiger partial charge on any atom is 0.349 e. The Labute approximate surface area is 191 Å². The monoisotopic (exact) mass is 453 g/mol. The van der Waals surface area contributed by atoms with Gasteiger partial charge in [-0.25, -0.2) is 4.79 Å². The first-order valence-corrected chi connectivity index (χ1v) is 10.7. The minimum atomic E-state index is -1.41. The summed E-state index contributed by atoms with van der Waals surface area (Å²) >= 11 is 0. The van der Waals surface area contributed by atoms with Crippen LogP contribution < -0.4 is 5.32 Å². The van der Waals surface area contributed by atoms with E-state index in [4.69, 9.17) is 9.84 Å². The average Bonchev–Trinajstić information content (AvgIpc) is 2.81. The van der Waals surface area contributed by atoms with Crippen molar-refractivity contribution in [2.45, 2.75) is 6.10 Å². The molecule has 1 unspecified atom stereocenters. The molecule has 0 aliphatic carbocycles. The maximum atomic E-state index is 11.8. The Balaban J connectivity index is 0.000000210. The van der Waals surface area contributed by atoms with Crippen LogP contribution in [0.15, 0.2) is 60.7 Å². The predicted molar refractivity (Wildman–Crippen MR) is 118 cm³/mol. The quantitative estimate of drug-likeness (QED) is 0.614. The number of nitrogens with one attached hydrogen (secondary N) is 1. The van der Waals surface area contributed by atoms with Crippen molar-refractivity contribution in [2.75, 3.05) is 46.6 Å². The number of carbonyl (C=O) groups is 3. The fraction of sp³-hybridized carbons (Fsp3) is 0.348. The lowest BCUT2D eigenvalue weighted by Gasteiger charge is -2.56. The van der Waals surface area contributed by atoms with Gasteiger partial charge in [-0.2, -0.15) is 0 Å². The molecule has 1 atom stereocenters. The molecule has 4 fully saturated rings. The summed E-state index contributed by atoms with van der Waals surface area (Å²) in [7, 11) is 0. The van der Waals surface area contributed by atoms with E-state index in [-0.39, 0.29) is 0 Å². The van der Waals surface area contributed by atoms with Gasteiger partial charge in [0, 0.05) is 11.1 Å². The van der Waals surface area contributed by atoms with Crippen LogP contribution in [0.2, 0.25) is 0 Å². The Morgan fingerprint density at radius 2 is 1.24 bits per heavy atom. The number of esters is 1. The number of ether oxygens (including phenoxy) is 1. The molecule has 4 bridgehead atoms. The number of benzene rings is 2. The molecule has 6 rings (SSSR count). The second-order valence-corrected chi connectivity index (χ2v) is 8.20. The molecule has 1 amide bonds. The number of carbonyl (C=O) groups excluding carboxylic acids is 2. The molecule has 33 heavy (non-hydrogen) atoms. The fourth-order valence-electron chi connectivity index (χ4n) is 4.14. The summed E-state index contributed by atoms with van der Waals surface area (Å²) in [5.74, 6) is -2.54. The van der Waals surface area contributed by atoms with E-state index in [0.717, 1.165) is 0 Å². The molecule has 4 aliphatic heterocycles. The van der Waals surface area contributed by atoms with E-state index in [9.17, 15) is 14.4 Å². The van der Waals surface area contributed by atoms with E-state index in [1.807, 2.05) is 0 Å². The molecule has 10 heteroatoms. The lowest BCUT2D eigenvalue weighted by Crippen LogP contribution is -2.71. The van der Waals surface area contributed by atoms with E-state index in [1.54, 1.807) is 60.7 Å². The van der Waals surface area contributed by atoms with Crippen molar-refractivity contribution in [3.8, 4) is 0 Å². The van der Waals surface area contributed by atoms with Crippen molar-refractivity contribution >= 4 is 17.8 Å². The van der Waals surface area contributed by atoms with Gasteiger partial charge in [-0.3, -0.25) is 29.2 Å². The summed E-state index contributed by atoms with van der Waals surface area (Å²) in [6.45, 7) is 6.71. The van der Waals surface area contributed by atoms with Crippen LogP contribution in [0, 0.1) is 0 Å². The summed E-state index contributed by atoms with van der Waals surface area (Å²) < 4.78 is 4.93. The first-order valence-electron chi connectivity index (χ1n) is 10.7. The number of hydrogen-bond donors (Lipinski definition) is 2. The van der Waals surface area contributed by atoms with Crippen molar-refractivity contribution in [2.24, 2.45) is 0 Å². The Hall–Kier alpha value is -3.31. The molecule has 0 radical (unpaired) electrons. The van der Waals surface area contributed by atoms with Crippen molar-refractivity contribution in [1.82, 2.24) is 24.9 Å². The molecule has 0 saturated carbocycles. The SMILES string of the molecule is C1N2CN3CN1CN(C2)C3.O=C(CNC(=O)c1ccccc1)OC(C(=O)O)c1ccccc1. The minimum absolute atomic E-state index is 0.350. The highest BCUT2D eigenvalue weighted by molar-refractivity contribution is 5.96. The van der Waals surface area contributed by atoms with Crippen LogP contribution >= 0.6 is 0 Å². The highest BCUT2D eigenvalue weighted by atomic mass is 16.6. The second-order valence-electron chi connectivity index (χ2n) is 8.20. The van der Waals surface area contributed by atoms with Crippen molar-refractivity contribution in [3.05, 3.63) is 71.8 Å². The van der Waals surface area contributed by atoms with Crippen LogP contribution in [0.5, 0.6) is 0 Å². The van der Waals surface area contributed by atoms with Gasteiger partial charge in [0.25, 0.3) is 5.91 Å². The average molecular weight is 453 g/mol. The third kappa shape index (κ3) is 6.14. The van der Waals surface area contributed by atoms with Gasteiger partial charge >= 0.3 is 11.9 Å². The minimum Gasteiger partial charge on any atom is -0.478 e. The standard InChI is InChI=1S/C17H15NO5.C6H12N4/c19-14(11-18-16(20)13-9-5-2-6-10-13)23-15(17(21)22)12-7-3-1-4-8-12;1-7-2-9-4-8(1)5-10(3-7)6-9/h1-10,15H,11H2,(H,18,20)(H,21,22);1-6H2. The van der Waals surface area contributed by atoms with Gasteiger partial charge in [-0.15, -0.1) is 0 Å². The number of hydrogen-bond acceptors (Lipinski definition) is 8. The van der Waals surface area contributed by atoms with Crippen LogP contribution in [-0.2, 0) is 14.3 Å². The lowest BCUT2D eigenvalue weighted by molar-refractivity contribution is -0.194. The van der Waals surface area contributed by atoms with Crippen LogP contribution in [0.1, 0.15) is 22.0 Å². The molecule has 2 aromatic rings. The van der Waals surface area contributed by atoms with Gasteiger partial charge in [0.1, 0.15) is 6.54 Å². The Kier molecular flexibility index (Phi) is 7.30. The molecule has 4 heterocycles. The molecule has 10 nitrogen and oxygen atoms in total. The lowest BCUT2D eigenvalue weighted by atomic mass is 10.1. The Morgan fingerprint density at radius 1 is 0.788 bits per heavy atom. The molecular formula is C23H27N5O5. The van der Waals surface area contributed by atoms with Crippen molar-refractivity contribution < 1.29 is 24.2 Å². The highest BCUT2D eigenvalue weighted by Gasteiger charge is 2.36. The fourth-order valence-corrected chi connectivity index (χ4v) is 4.14. The van der Waals surface area contributed by atoms with Crippen LogP contribution in [0.3, 0.4) is 0 Å². The zero-order valence-corrected chi connectivity index (χ0v) is 18.2. The topological polar surface area (TPSA) is 106 Å². The molecule has 0 spiro atoms. The molecular weight excluding hydrogens is 426 g/mol. The normalized spacial score (nSPS) is 25.3. The highest BCUT2D eigenvalue weighted by Crippen LogP contribution is 2.20. The molecule has 174 valence electrons. The van der Waals surface area contributed by atoms with Gasteiger partial charge < -0.3 is 15.2 Å². The summed E-state index contributed by atoms with van der Waals surface area (Å²) in [5.41, 5.74) is 0.751. The van der Waals surface area contributed by atoms with E-state index in [2.05, 4.69) is 24.9 Å². The van der Waals surface area contributed by atoms with E-state index >= 15 is 0 Å². The Morgan fingerprint density at radius 3 is 1.70 bits per heavy atom. The van der Waals surface area contributed by atoms with Crippen molar-refractivity contribution in [3.63, 3.8) is 0 Å². The number of nitrogens with zero attached hydrogens (tertiary/aromatic N) is 4. The number of rotatable bonds is 6. The van der Waals surface area contributed by atoms with Crippen LogP contribution in [0.4, 0.5) is 0 Å². The third-order valence-electron chi connectivity index (χ3n) is 5.41. The van der Waals surface area contributed by atoms with Crippen molar-refractivity contribution in [1.29, 1.82) is 0 Å². The number of carboxylic acid groups (broad SMARTS) is 1. The van der Waals surface area contributed by atoms with Crippen LogP contribution in [0.25, 0.3) is 0 Å².